The molecule has 0 unspecified atom stereocenters. The van der Waals surface area contributed by atoms with Gasteiger partial charge in [0, 0.05) is 24.3 Å². The number of hydrogen-bond donors (Lipinski definition) is 3. The molecule has 3 N–H and O–H groups in total. The minimum atomic E-state index is -3.75. The van der Waals surface area contributed by atoms with Gasteiger partial charge in [-0.2, -0.15) is 0 Å². The zero-order valence-electron chi connectivity index (χ0n) is 15.7. The molecule has 0 fully saturated rings. The Balaban J connectivity index is 1.91. The zero-order chi connectivity index (χ0) is 20.6. The van der Waals surface area contributed by atoms with Crippen LogP contribution in [0.25, 0.3) is 0 Å². The van der Waals surface area contributed by atoms with Crippen LogP contribution >= 0.6 is 0 Å². The van der Waals surface area contributed by atoms with Gasteiger partial charge in [-0.25, -0.2) is 13.2 Å². The largest absolute Gasteiger partial charge is 0.450 e. The predicted octanol–water partition coefficient (Wildman–Crippen LogP) is 2.27. The third kappa shape index (κ3) is 6.27. The summed E-state index contributed by atoms with van der Waals surface area (Å²) in [6.07, 6.45) is -0.549. The van der Waals surface area contributed by atoms with Gasteiger partial charge in [0.15, 0.2) is 0 Å². The number of amides is 2. The Bertz CT molecular complexity index is 910. The van der Waals surface area contributed by atoms with Gasteiger partial charge >= 0.3 is 6.09 Å². The molecule has 2 aromatic rings. The van der Waals surface area contributed by atoms with Crippen molar-refractivity contribution < 1.29 is 22.7 Å². The smallest absolute Gasteiger partial charge is 0.407 e. The van der Waals surface area contributed by atoms with Crippen molar-refractivity contribution in [3.63, 3.8) is 0 Å². The molecule has 0 saturated carbocycles. The Morgan fingerprint density at radius 3 is 2.14 bits per heavy atom. The summed E-state index contributed by atoms with van der Waals surface area (Å²) in [5.74, 6) is -0.374. The highest BCUT2D eigenvalue weighted by Crippen LogP contribution is 2.17. The molecule has 0 spiro atoms. The standard InChI is InChI=1S/C19H23N3O5S/c1-3-27-19(24)21-13-12-20-18(23)15-6-10-17(11-7-15)28(25,26)22-16-8-4-14(2)5-9-16/h4-11,22H,3,12-13H2,1-2H3,(H,20,23)(H,21,24). The van der Waals surface area contributed by atoms with Gasteiger partial charge in [0.05, 0.1) is 11.5 Å². The molecule has 0 radical (unpaired) electrons. The van der Waals surface area contributed by atoms with E-state index in [0.29, 0.717) is 11.3 Å². The van der Waals surface area contributed by atoms with Gasteiger partial charge in [0.25, 0.3) is 15.9 Å². The second-order valence-electron chi connectivity index (χ2n) is 5.90. The lowest BCUT2D eigenvalue weighted by molar-refractivity contribution is 0.0952. The van der Waals surface area contributed by atoms with E-state index in [9.17, 15) is 18.0 Å². The highest BCUT2D eigenvalue weighted by atomic mass is 32.2. The number of ether oxygens (including phenoxy) is 1. The van der Waals surface area contributed by atoms with E-state index in [4.69, 9.17) is 4.74 Å². The van der Waals surface area contributed by atoms with Crippen molar-refractivity contribution >= 4 is 27.7 Å². The zero-order valence-corrected chi connectivity index (χ0v) is 16.5. The van der Waals surface area contributed by atoms with Crippen LogP contribution in [0.1, 0.15) is 22.8 Å². The Morgan fingerprint density at radius 2 is 1.54 bits per heavy atom. The number of carbonyl (C=O) groups is 2. The predicted molar refractivity (Wildman–Crippen MR) is 106 cm³/mol. The normalized spacial score (nSPS) is 10.8. The van der Waals surface area contributed by atoms with Crippen molar-refractivity contribution in [3.05, 3.63) is 59.7 Å². The van der Waals surface area contributed by atoms with E-state index in [0.717, 1.165) is 5.56 Å². The van der Waals surface area contributed by atoms with Crippen LogP contribution in [0.15, 0.2) is 53.4 Å². The molecule has 28 heavy (non-hydrogen) atoms. The van der Waals surface area contributed by atoms with Crippen LogP contribution < -0.4 is 15.4 Å². The van der Waals surface area contributed by atoms with Crippen LogP contribution in [0, 0.1) is 6.92 Å². The summed E-state index contributed by atoms with van der Waals surface area (Å²) in [6.45, 7) is 4.31. The molecule has 0 heterocycles. The molecule has 0 aliphatic carbocycles. The van der Waals surface area contributed by atoms with E-state index >= 15 is 0 Å². The Morgan fingerprint density at radius 1 is 0.929 bits per heavy atom. The highest BCUT2D eigenvalue weighted by Gasteiger charge is 2.15. The van der Waals surface area contributed by atoms with Crippen LogP contribution in [0.3, 0.4) is 0 Å². The number of rotatable bonds is 8. The average molecular weight is 405 g/mol. The summed E-state index contributed by atoms with van der Waals surface area (Å²) < 4.78 is 32.1. The number of aryl methyl sites for hydroxylation is 1. The lowest BCUT2D eigenvalue weighted by atomic mass is 10.2. The number of nitrogens with one attached hydrogen (secondary N) is 3. The third-order valence-corrected chi connectivity index (χ3v) is 5.08. The fourth-order valence-electron chi connectivity index (χ4n) is 2.25. The fraction of sp³-hybridized carbons (Fsp3) is 0.263. The van der Waals surface area contributed by atoms with Gasteiger partial charge in [-0.3, -0.25) is 9.52 Å². The van der Waals surface area contributed by atoms with Crippen molar-refractivity contribution in [2.75, 3.05) is 24.4 Å². The van der Waals surface area contributed by atoms with Crippen LogP contribution in [-0.4, -0.2) is 40.1 Å². The van der Waals surface area contributed by atoms with E-state index in [2.05, 4.69) is 15.4 Å². The maximum atomic E-state index is 12.4. The van der Waals surface area contributed by atoms with Gasteiger partial charge in [-0.05, 0) is 50.2 Å². The van der Waals surface area contributed by atoms with Crippen molar-refractivity contribution in [1.82, 2.24) is 10.6 Å². The van der Waals surface area contributed by atoms with E-state index in [1.807, 2.05) is 19.1 Å². The molecule has 0 bridgehead atoms. The van der Waals surface area contributed by atoms with E-state index in [1.54, 1.807) is 19.1 Å². The third-order valence-electron chi connectivity index (χ3n) is 3.69. The number of hydrogen-bond acceptors (Lipinski definition) is 5. The van der Waals surface area contributed by atoms with Crippen LogP contribution in [-0.2, 0) is 14.8 Å². The molecular weight excluding hydrogens is 382 g/mol. The summed E-state index contributed by atoms with van der Waals surface area (Å²) in [4.78, 5) is 23.3. The van der Waals surface area contributed by atoms with Gasteiger partial charge in [0.1, 0.15) is 0 Å². The second-order valence-corrected chi connectivity index (χ2v) is 7.58. The summed E-state index contributed by atoms with van der Waals surface area (Å²) in [5.41, 5.74) is 1.79. The molecule has 150 valence electrons. The SMILES string of the molecule is CCOC(=O)NCCNC(=O)c1ccc(S(=O)(=O)Nc2ccc(C)cc2)cc1. The quantitative estimate of drug-likeness (QED) is 0.583. The van der Waals surface area contributed by atoms with Gasteiger partial charge in [-0.1, -0.05) is 17.7 Å². The Labute approximate surface area is 164 Å². The van der Waals surface area contributed by atoms with E-state index in [-0.39, 0.29) is 30.5 Å². The molecule has 0 atom stereocenters. The molecule has 0 aliphatic heterocycles. The summed E-state index contributed by atoms with van der Waals surface area (Å²) >= 11 is 0. The van der Waals surface area contributed by atoms with E-state index in [1.165, 1.54) is 24.3 Å². The number of carbonyl (C=O) groups excluding carboxylic acids is 2. The molecule has 0 aliphatic rings. The number of anilines is 1. The summed E-state index contributed by atoms with van der Waals surface area (Å²) in [5, 5.41) is 5.11. The van der Waals surface area contributed by atoms with Crippen LogP contribution in [0.4, 0.5) is 10.5 Å². The van der Waals surface area contributed by atoms with Crippen LogP contribution in [0.5, 0.6) is 0 Å². The number of benzene rings is 2. The lowest BCUT2D eigenvalue weighted by Gasteiger charge is -2.10. The number of sulfonamides is 1. The molecule has 0 aromatic heterocycles. The molecule has 2 aromatic carbocycles. The van der Waals surface area contributed by atoms with Crippen molar-refractivity contribution in [2.45, 2.75) is 18.7 Å². The Hall–Kier alpha value is -3.07. The Kier molecular flexibility index (Phi) is 7.39. The minimum Gasteiger partial charge on any atom is -0.450 e. The first-order valence-corrected chi connectivity index (χ1v) is 10.2. The topological polar surface area (TPSA) is 114 Å². The molecule has 0 saturated heterocycles. The maximum Gasteiger partial charge on any atom is 0.407 e. The van der Waals surface area contributed by atoms with Gasteiger partial charge in [-0.15, -0.1) is 0 Å². The highest BCUT2D eigenvalue weighted by molar-refractivity contribution is 7.92. The average Bonchev–Trinajstić information content (AvgIpc) is 2.67. The monoisotopic (exact) mass is 405 g/mol. The minimum absolute atomic E-state index is 0.0496. The molecule has 8 nitrogen and oxygen atoms in total. The van der Waals surface area contributed by atoms with Crippen molar-refractivity contribution in [2.24, 2.45) is 0 Å². The lowest BCUT2D eigenvalue weighted by Crippen LogP contribution is -2.35. The second kappa shape index (κ2) is 9.75. The first kappa shape index (κ1) is 21.2. The van der Waals surface area contributed by atoms with Gasteiger partial charge < -0.3 is 15.4 Å². The van der Waals surface area contributed by atoms with Crippen LogP contribution in [0.2, 0.25) is 0 Å². The first-order chi connectivity index (χ1) is 13.3. The molecular formula is C19H23N3O5S. The number of alkyl carbamates (subject to hydrolysis) is 1. The molecule has 2 amide bonds. The van der Waals surface area contributed by atoms with Crippen molar-refractivity contribution in [1.29, 1.82) is 0 Å². The first-order valence-electron chi connectivity index (χ1n) is 8.70. The molecule has 2 rings (SSSR count). The van der Waals surface area contributed by atoms with Crippen molar-refractivity contribution in [3.8, 4) is 0 Å². The summed E-state index contributed by atoms with van der Waals surface area (Å²) in [7, 11) is -3.75. The van der Waals surface area contributed by atoms with E-state index < -0.39 is 16.1 Å². The molecule has 9 heteroatoms. The fourth-order valence-corrected chi connectivity index (χ4v) is 3.30. The summed E-state index contributed by atoms with van der Waals surface area (Å²) in [6, 6.07) is 12.6. The van der Waals surface area contributed by atoms with Gasteiger partial charge in [0.2, 0.25) is 0 Å². The maximum absolute atomic E-state index is 12.4.